The highest BCUT2D eigenvalue weighted by molar-refractivity contribution is 6.33. The minimum absolute atomic E-state index is 0.248. The molecule has 0 aromatic heterocycles. The minimum atomic E-state index is -0.942. The first-order valence-corrected chi connectivity index (χ1v) is 6.91. The van der Waals surface area contributed by atoms with Crippen molar-refractivity contribution in [2.75, 3.05) is 13.1 Å². The van der Waals surface area contributed by atoms with E-state index in [4.69, 9.17) is 16.7 Å². The molecule has 1 saturated carbocycles. The molecule has 1 fully saturated rings. The van der Waals surface area contributed by atoms with E-state index in [9.17, 15) is 14.4 Å². The fourth-order valence-corrected chi connectivity index (χ4v) is 2.21. The van der Waals surface area contributed by atoms with Gasteiger partial charge in [0.15, 0.2) is 0 Å². The van der Waals surface area contributed by atoms with Gasteiger partial charge in [-0.15, -0.1) is 0 Å². The molecule has 112 valence electrons. The Bertz CT molecular complexity index is 576. The zero-order chi connectivity index (χ0) is 15.4. The second kappa shape index (κ2) is 6.58. The van der Waals surface area contributed by atoms with E-state index in [2.05, 4.69) is 10.6 Å². The van der Waals surface area contributed by atoms with E-state index in [1.807, 2.05) is 0 Å². The molecule has 7 heteroatoms. The van der Waals surface area contributed by atoms with Crippen LogP contribution < -0.4 is 10.6 Å². The quantitative estimate of drug-likeness (QED) is 0.680. The van der Waals surface area contributed by atoms with Crippen LogP contribution in [0.2, 0.25) is 5.02 Å². The maximum absolute atomic E-state index is 11.8. The lowest BCUT2D eigenvalue weighted by Crippen LogP contribution is -2.35. The molecule has 6 nitrogen and oxygen atoms in total. The topological polar surface area (TPSA) is 95.5 Å². The summed E-state index contributed by atoms with van der Waals surface area (Å²) >= 11 is 5.89. The van der Waals surface area contributed by atoms with Crippen molar-refractivity contribution in [3.63, 3.8) is 0 Å². The zero-order valence-corrected chi connectivity index (χ0v) is 11.9. The lowest BCUT2D eigenvalue weighted by molar-refractivity contribution is -0.140. The van der Waals surface area contributed by atoms with E-state index in [1.54, 1.807) is 24.3 Å². The summed E-state index contributed by atoms with van der Waals surface area (Å²) in [5, 5.41) is 14.3. The molecule has 21 heavy (non-hydrogen) atoms. The first-order chi connectivity index (χ1) is 10.0. The normalized spacial score (nSPS) is 19.7. The summed E-state index contributed by atoms with van der Waals surface area (Å²) < 4.78 is 0. The van der Waals surface area contributed by atoms with Crippen LogP contribution in [0.4, 0.5) is 0 Å². The van der Waals surface area contributed by atoms with Gasteiger partial charge in [0.25, 0.3) is 5.91 Å². The molecule has 1 aromatic rings. The summed E-state index contributed by atoms with van der Waals surface area (Å²) in [5.74, 6) is -2.55. The van der Waals surface area contributed by atoms with Gasteiger partial charge in [0.2, 0.25) is 5.91 Å². The van der Waals surface area contributed by atoms with Crippen LogP contribution in [0.5, 0.6) is 0 Å². The molecule has 0 spiro atoms. The molecule has 0 saturated heterocycles. The number of hydrogen-bond donors (Lipinski definition) is 3. The van der Waals surface area contributed by atoms with Crippen molar-refractivity contribution in [2.45, 2.75) is 6.42 Å². The minimum Gasteiger partial charge on any atom is -0.481 e. The van der Waals surface area contributed by atoms with Crippen molar-refractivity contribution in [2.24, 2.45) is 11.8 Å². The van der Waals surface area contributed by atoms with Gasteiger partial charge in [0, 0.05) is 13.1 Å². The number of halogens is 1. The number of benzene rings is 1. The molecule has 0 radical (unpaired) electrons. The molecule has 3 N–H and O–H groups in total. The van der Waals surface area contributed by atoms with Crippen LogP contribution in [0.15, 0.2) is 24.3 Å². The molecule has 0 aliphatic heterocycles. The Kier molecular flexibility index (Phi) is 4.80. The first kappa shape index (κ1) is 15.3. The number of carboxylic acid groups (broad SMARTS) is 1. The van der Waals surface area contributed by atoms with Gasteiger partial charge in [-0.3, -0.25) is 14.4 Å². The number of amides is 2. The molecule has 0 bridgehead atoms. The third-order valence-corrected chi connectivity index (χ3v) is 3.60. The van der Waals surface area contributed by atoms with Crippen LogP contribution in [0.25, 0.3) is 0 Å². The summed E-state index contributed by atoms with van der Waals surface area (Å²) in [6.45, 7) is 0.498. The Morgan fingerprint density at radius 3 is 2.43 bits per heavy atom. The van der Waals surface area contributed by atoms with Gasteiger partial charge in [0.1, 0.15) is 0 Å². The van der Waals surface area contributed by atoms with E-state index in [0.29, 0.717) is 17.0 Å². The van der Waals surface area contributed by atoms with Crippen molar-refractivity contribution >= 4 is 29.4 Å². The highest BCUT2D eigenvalue weighted by Gasteiger charge is 2.48. The zero-order valence-electron chi connectivity index (χ0n) is 11.1. The van der Waals surface area contributed by atoms with E-state index >= 15 is 0 Å². The summed E-state index contributed by atoms with van der Waals surface area (Å²) in [5.41, 5.74) is 0.374. The maximum Gasteiger partial charge on any atom is 0.307 e. The van der Waals surface area contributed by atoms with Crippen molar-refractivity contribution in [3.05, 3.63) is 34.9 Å². The summed E-state index contributed by atoms with van der Waals surface area (Å²) in [7, 11) is 0. The molecule has 1 aliphatic carbocycles. The van der Waals surface area contributed by atoms with Crippen molar-refractivity contribution < 1.29 is 19.5 Å². The Morgan fingerprint density at radius 1 is 1.14 bits per heavy atom. The van der Waals surface area contributed by atoms with Crippen LogP contribution >= 0.6 is 11.6 Å². The number of rotatable bonds is 6. The maximum atomic E-state index is 11.8. The van der Waals surface area contributed by atoms with Crippen molar-refractivity contribution in [1.82, 2.24) is 10.6 Å². The highest BCUT2D eigenvalue weighted by atomic mass is 35.5. The van der Waals surface area contributed by atoms with E-state index < -0.39 is 17.8 Å². The predicted octanol–water partition coefficient (Wildman–Crippen LogP) is 0.907. The molecule has 2 atom stereocenters. The van der Waals surface area contributed by atoms with Gasteiger partial charge in [-0.1, -0.05) is 23.7 Å². The second-order valence-electron chi connectivity index (χ2n) is 4.81. The third-order valence-electron chi connectivity index (χ3n) is 3.27. The summed E-state index contributed by atoms with van der Waals surface area (Å²) in [6.07, 6.45) is 0.382. The number of hydrogen-bond acceptors (Lipinski definition) is 3. The average molecular weight is 311 g/mol. The van der Waals surface area contributed by atoms with Crippen molar-refractivity contribution in [3.8, 4) is 0 Å². The van der Waals surface area contributed by atoms with Gasteiger partial charge in [0.05, 0.1) is 22.4 Å². The SMILES string of the molecule is O=C(NCCNC(=O)C1CC1C(=O)O)c1ccccc1Cl. The number of nitrogens with one attached hydrogen (secondary N) is 2. The van der Waals surface area contributed by atoms with Crippen LogP contribution in [0.3, 0.4) is 0 Å². The lowest BCUT2D eigenvalue weighted by atomic mass is 10.2. The largest absolute Gasteiger partial charge is 0.481 e. The van der Waals surface area contributed by atoms with Crippen molar-refractivity contribution in [1.29, 1.82) is 0 Å². The molecule has 1 aliphatic rings. The Balaban J connectivity index is 1.69. The van der Waals surface area contributed by atoms with Gasteiger partial charge >= 0.3 is 5.97 Å². The molecule has 2 rings (SSSR count). The van der Waals surface area contributed by atoms with E-state index in [0.717, 1.165) is 0 Å². The van der Waals surface area contributed by atoms with Crippen LogP contribution in [-0.4, -0.2) is 36.0 Å². The fourth-order valence-electron chi connectivity index (χ4n) is 1.99. The molecule has 2 unspecified atom stereocenters. The Morgan fingerprint density at radius 2 is 1.81 bits per heavy atom. The lowest BCUT2D eigenvalue weighted by Gasteiger charge is -2.07. The molecule has 0 heterocycles. The smallest absolute Gasteiger partial charge is 0.307 e. The number of carbonyl (C=O) groups excluding carboxylic acids is 2. The van der Waals surface area contributed by atoms with E-state index in [1.165, 1.54) is 0 Å². The van der Waals surface area contributed by atoms with Gasteiger partial charge < -0.3 is 15.7 Å². The number of aliphatic carboxylic acids is 1. The Labute approximate surface area is 126 Å². The summed E-state index contributed by atoms with van der Waals surface area (Å²) in [6, 6.07) is 6.67. The van der Waals surface area contributed by atoms with Gasteiger partial charge in [-0.25, -0.2) is 0 Å². The van der Waals surface area contributed by atoms with Crippen LogP contribution in [-0.2, 0) is 9.59 Å². The monoisotopic (exact) mass is 310 g/mol. The highest BCUT2D eigenvalue weighted by Crippen LogP contribution is 2.38. The van der Waals surface area contributed by atoms with Crippen LogP contribution in [0, 0.1) is 11.8 Å². The Hall–Kier alpha value is -2.08. The fraction of sp³-hybridized carbons (Fsp3) is 0.357. The standard InChI is InChI=1S/C14H15ClN2O4/c15-11-4-2-1-3-8(11)12(18)16-5-6-17-13(19)9-7-10(9)14(20)21/h1-4,9-10H,5-7H2,(H,16,18)(H,17,19)(H,20,21). The average Bonchev–Trinajstić information content (AvgIpc) is 3.24. The molecule has 2 amide bonds. The van der Waals surface area contributed by atoms with Gasteiger partial charge in [-0.05, 0) is 18.6 Å². The van der Waals surface area contributed by atoms with E-state index in [-0.39, 0.29) is 24.9 Å². The second-order valence-corrected chi connectivity index (χ2v) is 5.22. The molecular formula is C14H15ClN2O4. The third kappa shape index (κ3) is 3.95. The van der Waals surface area contributed by atoms with Crippen LogP contribution in [0.1, 0.15) is 16.8 Å². The first-order valence-electron chi connectivity index (χ1n) is 6.54. The van der Waals surface area contributed by atoms with Gasteiger partial charge in [-0.2, -0.15) is 0 Å². The number of carbonyl (C=O) groups is 3. The summed E-state index contributed by atoms with van der Waals surface area (Å²) in [4.78, 5) is 34.0. The number of carboxylic acids is 1. The molecular weight excluding hydrogens is 296 g/mol. The predicted molar refractivity (Wildman–Crippen MR) is 76.0 cm³/mol. The molecule has 1 aromatic carbocycles.